The molecule has 0 saturated carbocycles. The van der Waals surface area contributed by atoms with E-state index in [1.807, 2.05) is 0 Å². The summed E-state index contributed by atoms with van der Waals surface area (Å²) < 4.78 is 60.6. The van der Waals surface area contributed by atoms with E-state index in [1.165, 1.54) is 10.6 Å². The number of nitrogens with one attached hydrogen (secondary N) is 8. The molecule has 0 saturated heterocycles. The predicted molar refractivity (Wildman–Crippen MR) is 358 cm³/mol. The average molecular weight is 1400 g/mol. The molecule has 2 aliphatic carbocycles. The molecule has 30 nitrogen and oxygen atoms in total. The van der Waals surface area contributed by atoms with Crippen molar-refractivity contribution in [2.75, 3.05) is 97.8 Å². The fourth-order valence-corrected chi connectivity index (χ4v) is 11.9. The normalized spacial score (nSPS) is 17.1. The Morgan fingerprint density at radius 3 is 2.25 bits per heavy atom. The number of anilines is 1. The van der Waals surface area contributed by atoms with Crippen molar-refractivity contribution >= 4 is 70.1 Å². The standard InChI is InChI=1S/C69H90FN11O19/c1-5-69(92)49-32-54-62-47(35-81(54)65(88)48(49)37-99-66(69)89)60-51(20-19-46-42(4)50(70)33-53(78-62)59(46)60)77-58(85)38-97-40-75-56(83)34-74-68(91)100-36-43-15-17-44(18-16-43)76-63(86)52(14-11-22-73-67(71)90)79-64(87)61(41(2)3)80-55(82)21-24-93-26-28-95-30-31-96-29-27-94-25-23-72-57(84)39-98-45-12-9-7-6-8-10-13-45/h15-18,32-33,41,45,51-52,61,92H,5-9,11-12,14,19-31,34-40H2,1-4H3,(H,72,84)(H,74,91)(H,75,83)(H,76,86)(H,77,85)(H,79,87)(H,80,82)(H3,71,73,90)/t45?,51-,52-,61-,69-/m0/s1. The molecule has 0 bridgehead atoms. The summed E-state index contributed by atoms with van der Waals surface area (Å²) in [5.41, 5.74) is 7.20. The minimum atomic E-state index is -2.06. The van der Waals surface area contributed by atoms with Crippen LogP contribution in [-0.2, 0) is 103 Å². The lowest BCUT2D eigenvalue weighted by Gasteiger charge is -2.31. The lowest BCUT2D eigenvalue weighted by atomic mass is 9.81. The number of carbonyl (C=O) groups excluding carboxylic acids is 9. The van der Waals surface area contributed by atoms with Gasteiger partial charge in [-0.3, -0.25) is 33.6 Å². The van der Waals surface area contributed by atoms with Gasteiger partial charge in [0.1, 0.15) is 63.7 Å². The van der Waals surface area contributed by atoms with Crippen LogP contribution < -0.4 is 53.8 Å². The average Bonchev–Trinajstić information content (AvgIpc) is 1.50. The first-order valence-corrected chi connectivity index (χ1v) is 33.7. The third-order valence-corrected chi connectivity index (χ3v) is 17.3. The van der Waals surface area contributed by atoms with Crippen molar-refractivity contribution in [1.82, 2.24) is 46.8 Å². The van der Waals surface area contributed by atoms with Crippen molar-refractivity contribution < 1.29 is 90.5 Å². The van der Waals surface area contributed by atoms with Crippen molar-refractivity contribution in [3.8, 4) is 23.2 Å². The number of urea groups is 1. The first-order valence-electron chi connectivity index (χ1n) is 33.7. The Bertz CT molecular complexity index is 3730. The van der Waals surface area contributed by atoms with Crippen LogP contribution >= 0.6 is 0 Å². The molecule has 4 aromatic rings. The SMILES string of the molecule is CC[C@@]1(O)C(=O)OCc2c1cc1n(c2=O)Cc2c-1nc1cc(F)c(C)c3c1c2[C@@H](NC(=O)COCNC(=O)CNC(=O)OCc1ccc(NC(=O)[C@H](CCCNC(N)=O)NC(=O)[C@@H](NC(=O)CCOCCOCCOCCOCCNC(=O)COC2C#CCCCCC2)C(C)C)cc1)CC3. The zero-order valence-corrected chi connectivity index (χ0v) is 56.8. The van der Waals surface area contributed by atoms with E-state index < -0.39 is 103 Å². The molecule has 4 heterocycles. The molecule has 9 amide bonds. The van der Waals surface area contributed by atoms with E-state index in [4.69, 9.17) is 48.6 Å². The molecule has 0 fully saturated rings. The zero-order valence-electron chi connectivity index (χ0n) is 56.8. The summed E-state index contributed by atoms with van der Waals surface area (Å²) in [5, 5.41) is 33.2. The maximum Gasteiger partial charge on any atom is 0.407 e. The molecular formula is C69H90FN11O19. The van der Waals surface area contributed by atoms with Gasteiger partial charge in [-0.25, -0.2) is 23.8 Å². The quantitative estimate of drug-likeness (QED) is 0.0117. The lowest BCUT2D eigenvalue weighted by Crippen LogP contribution is -2.54. The largest absolute Gasteiger partial charge is 0.458 e. The van der Waals surface area contributed by atoms with Crippen molar-refractivity contribution in [2.24, 2.45) is 11.7 Å². The van der Waals surface area contributed by atoms with Crippen LogP contribution in [0.1, 0.15) is 130 Å². The second-order valence-electron chi connectivity index (χ2n) is 24.7. The number of esters is 1. The highest BCUT2D eigenvalue weighted by molar-refractivity contribution is 5.99. The highest BCUT2D eigenvalue weighted by atomic mass is 19.1. The Morgan fingerprint density at radius 1 is 0.800 bits per heavy atom. The summed E-state index contributed by atoms with van der Waals surface area (Å²) in [4.78, 5) is 134. The van der Waals surface area contributed by atoms with Crippen LogP contribution in [0.4, 0.5) is 19.7 Å². The smallest absolute Gasteiger partial charge is 0.407 e. The molecule has 2 aromatic heterocycles. The molecule has 5 atom stereocenters. The van der Waals surface area contributed by atoms with E-state index >= 15 is 4.39 Å². The summed E-state index contributed by atoms with van der Waals surface area (Å²) in [6, 6.07) is 5.58. The first-order chi connectivity index (χ1) is 48.1. The van der Waals surface area contributed by atoms with E-state index in [0.29, 0.717) is 103 Å². The molecule has 2 aliphatic heterocycles. The summed E-state index contributed by atoms with van der Waals surface area (Å²) >= 11 is 0. The number of nitrogens with zero attached hydrogens (tertiary/aromatic N) is 2. The molecule has 0 spiro atoms. The molecule has 0 radical (unpaired) electrons. The number of primary amides is 1. The Morgan fingerprint density at radius 2 is 1.53 bits per heavy atom. The fraction of sp³-hybridized carbons (Fsp3) is 0.551. The number of pyridine rings is 2. The second kappa shape index (κ2) is 37.9. The number of cyclic esters (lactones) is 1. The van der Waals surface area contributed by atoms with Gasteiger partial charge in [0, 0.05) is 54.2 Å². The number of aliphatic hydroxyl groups is 1. The monoisotopic (exact) mass is 1400 g/mol. The van der Waals surface area contributed by atoms with Gasteiger partial charge in [-0.1, -0.05) is 45.2 Å². The number of hydrogen-bond donors (Lipinski definition) is 10. The number of hydrogen-bond acceptors (Lipinski definition) is 20. The predicted octanol–water partition coefficient (Wildman–Crippen LogP) is 2.59. The van der Waals surface area contributed by atoms with Gasteiger partial charge in [-0.2, -0.15) is 0 Å². The fourth-order valence-electron chi connectivity index (χ4n) is 11.9. The Balaban J connectivity index is 0.696. The molecule has 2 aromatic carbocycles. The molecule has 11 N–H and O–H groups in total. The van der Waals surface area contributed by atoms with Crippen LogP contribution in [0.25, 0.3) is 22.3 Å². The number of nitrogens with two attached hydrogens (primary N) is 1. The number of alkyl carbamates (subject to hydrolysis) is 1. The molecule has 8 rings (SSSR count). The molecule has 4 aliphatic rings. The minimum Gasteiger partial charge on any atom is -0.458 e. The van der Waals surface area contributed by atoms with Crippen molar-refractivity contribution in [3.05, 3.63) is 91.5 Å². The maximum absolute atomic E-state index is 15.4. The van der Waals surface area contributed by atoms with Gasteiger partial charge in [0.05, 0.1) is 87.9 Å². The number of fused-ring (bicyclic) bond motifs is 5. The number of ether oxygens (including phenoxy) is 8. The highest BCUT2D eigenvalue weighted by Crippen LogP contribution is 2.46. The summed E-state index contributed by atoms with van der Waals surface area (Å²) in [6.07, 6.45) is 4.80. The number of rotatable bonds is 38. The number of halogens is 1. The van der Waals surface area contributed by atoms with Gasteiger partial charge >= 0.3 is 18.1 Å². The van der Waals surface area contributed by atoms with Crippen molar-refractivity contribution in [2.45, 2.75) is 148 Å². The van der Waals surface area contributed by atoms with Crippen LogP contribution in [0.2, 0.25) is 0 Å². The zero-order chi connectivity index (χ0) is 71.7. The number of aryl methyl sites for hydroxylation is 1. The minimum absolute atomic E-state index is 0.0404. The first kappa shape index (κ1) is 76.6. The Hall–Kier alpha value is -9.16. The lowest BCUT2D eigenvalue weighted by molar-refractivity contribution is -0.172. The van der Waals surface area contributed by atoms with Gasteiger partial charge in [-0.05, 0) is 105 Å². The van der Waals surface area contributed by atoms with Crippen LogP contribution in [0, 0.1) is 30.5 Å². The number of amides is 9. The Labute approximate surface area is 577 Å². The van der Waals surface area contributed by atoms with Crippen LogP contribution in [0.15, 0.2) is 41.2 Å². The third kappa shape index (κ3) is 21.4. The van der Waals surface area contributed by atoms with Gasteiger partial charge in [0.25, 0.3) is 5.56 Å². The van der Waals surface area contributed by atoms with E-state index in [-0.39, 0.29) is 107 Å². The van der Waals surface area contributed by atoms with E-state index in [2.05, 4.69) is 54.4 Å². The molecule has 100 heavy (non-hydrogen) atoms. The van der Waals surface area contributed by atoms with Gasteiger partial charge in [-0.15, -0.1) is 5.92 Å². The van der Waals surface area contributed by atoms with E-state index in [9.17, 15) is 53.1 Å². The summed E-state index contributed by atoms with van der Waals surface area (Å²) in [6.45, 7) is 7.41. The van der Waals surface area contributed by atoms with Crippen molar-refractivity contribution in [3.63, 3.8) is 0 Å². The van der Waals surface area contributed by atoms with E-state index in [1.54, 1.807) is 58.0 Å². The van der Waals surface area contributed by atoms with Crippen LogP contribution in [0.5, 0.6) is 0 Å². The molecule has 31 heteroatoms. The number of benzene rings is 2. The number of carbonyl (C=O) groups is 9. The Kier molecular flexibility index (Phi) is 29.0. The number of aromatic nitrogens is 2. The van der Waals surface area contributed by atoms with Gasteiger partial charge in [0.2, 0.25) is 35.4 Å². The van der Waals surface area contributed by atoms with Gasteiger partial charge in [0.15, 0.2) is 5.60 Å². The topological polar surface area (TPSA) is 405 Å². The second-order valence-corrected chi connectivity index (χ2v) is 24.7. The van der Waals surface area contributed by atoms with Gasteiger partial charge < -0.3 is 95.8 Å². The summed E-state index contributed by atoms with van der Waals surface area (Å²) in [7, 11) is 0. The molecule has 1 unspecified atom stereocenters. The summed E-state index contributed by atoms with van der Waals surface area (Å²) in [5.74, 6) is 1.34. The van der Waals surface area contributed by atoms with Crippen LogP contribution in [-0.4, -0.2) is 179 Å². The van der Waals surface area contributed by atoms with E-state index in [0.717, 1.165) is 37.7 Å². The maximum atomic E-state index is 15.4. The van der Waals surface area contributed by atoms with Crippen molar-refractivity contribution in [1.29, 1.82) is 0 Å². The molecule has 542 valence electrons. The third-order valence-electron chi connectivity index (χ3n) is 17.3. The van der Waals surface area contributed by atoms with Crippen LogP contribution in [0.3, 0.4) is 0 Å². The molecular weight excluding hydrogens is 1310 g/mol. The highest BCUT2D eigenvalue weighted by Gasteiger charge is 2.46.